The lowest BCUT2D eigenvalue weighted by molar-refractivity contribution is 0.483. The summed E-state index contributed by atoms with van der Waals surface area (Å²) in [5, 5.41) is 1.19. The molecule has 2 heterocycles. The van der Waals surface area contributed by atoms with Gasteiger partial charge in [0.2, 0.25) is 0 Å². The lowest BCUT2D eigenvalue weighted by atomic mass is 10.0. The Bertz CT molecular complexity index is 388. The number of rotatable bonds is 4. The average molecular weight is 267 g/mol. The number of anilines is 1. The molecular formula is C14H25N3S. The van der Waals surface area contributed by atoms with E-state index in [9.17, 15) is 0 Å². The zero-order valence-corrected chi connectivity index (χ0v) is 12.6. The van der Waals surface area contributed by atoms with Crippen LogP contribution in [0.1, 0.15) is 62.9 Å². The smallest absolute Gasteiger partial charge is 0.186 e. The molecule has 0 spiro atoms. The van der Waals surface area contributed by atoms with E-state index >= 15 is 0 Å². The zero-order chi connectivity index (χ0) is 13.1. The Morgan fingerprint density at radius 3 is 2.89 bits per heavy atom. The van der Waals surface area contributed by atoms with Gasteiger partial charge in [-0.15, -0.1) is 11.3 Å². The predicted molar refractivity (Wildman–Crippen MR) is 79.4 cm³/mol. The molecular weight excluding hydrogens is 242 g/mol. The van der Waals surface area contributed by atoms with Crippen molar-refractivity contribution >= 4 is 16.5 Å². The van der Waals surface area contributed by atoms with E-state index in [1.54, 1.807) is 11.3 Å². The minimum Gasteiger partial charge on any atom is -0.345 e. The fraction of sp³-hybridized carbons (Fsp3) is 0.786. The standard InChI is InChI=1S/C14H25N3S/c1-4-10(2)13-12(9-15)18-14(16-13)17-8-6-5-7-11(17)3/h10-11H,4-9,15H2,1-3H3. The van der Waals surface area contributed by atoms with Crippen LogP contribution in [0.3, 0.4) is 0 Å². The summed E-state index contributed by atoms with van der Waals surface area (Å²) in [4.78, 5) is 8.64. The number of piperidine rings is 1. The number of hydrogen-bond donors (Lipinski definition) is 1. The monoisotopic (exact) mass is 267 g/mol. The maximum atomic E-state index is 5.87. The van der Waals surface area contributed by atoms with Crippen LogP contribution in [0.4, 0.5) is 5.13 Å². The van der Waals surface area contributed by atoms with Crippen molar-refractivity contribution in [3.63, 3.8) is 0 Å². The first-order valence-electron chi connectivity index (χ1n) is 7.13. The molecule has 1 aromatic heterocycles. The largest absolute Gasteiger partial charge is 0.345 e. The second-order valence-electron chi connectivity index (χ2n) is 5.36. The van der Waals surface area contributed by atoms with Crippen molar-refractivity contribution in [2.45, 2.75) is 65.0 Å². The molecule has 2 atom stereocenters. The molecule has 0 amide bonds. The van der Waals surface area contributed by atoms with Crippen LogP contribution in [0.2, 0.25) is 0 Å². The maximum Gasteiger partial charge on any atom is 0.186 e. The molecule has 0 saturated carbocycles. The topological polar surface area (TPSA) is 42.2 Å². The van der Waals surface area contributed by atoms with E-state index in [0.29, 0.717) is 18.5 Å². The number of nitrogens with zero attached hydrogens (tertiary/aromatic N) is 2. The van der Waals surface area contributed by atoms with E-state index in [2.05, 4.69) is 25.7 Å². The van der Waals surface area contributed by atoms with Crippen molar-refractivity contribution in [2.75, 3.05) is 11.4 Å². The highest BCUT2D eigenvalue weighted by molar-refractivity contribution is 7.15. The summed E-state index contributed by atoms with van der Waals surface area (Å²) < 4.78 is 0. The third-order valence-corrected chi connectivity index (χ3v) is 5.16. The molecule has 1 aliphatic heterocycles. The minimum atomic E-state index is 0.522. The molecule has 0 aromatic carbocycles. The first-order valence-corrected chi connectivity index (χ1v) is 7.95. The van der Waals surface area contributed by atoms with Crippen LogP contribution in [-0.2, 0) is 6.54 Å². The zero-order valence-electron chi connectivity index (χ0n) is 11.8. The van der Waals surface area contributed by atoms with E-state index in [1.807, 2.05) is 0 Å². The molecule has 1 aliphatic rings. The Morgan fingerprint density at radius 1 is 1.50 bits per heavy atom. The van der Waals surface area contributed by atoms with E-state index < -0.39 is 0 Å². The van der Waals surface area contributed by atoms with Gasteiger partial charge in [-0.25, -0.2) is 4.98 Å². The molecule has 0 aliphatic carbocycles. The van der Waals surface area contributed by atoms with Crippen LogP contribution in [0.15, 0.2) is 0 Å². The maximum absolute atomic E-state index is 5.87. The van der Waals surface area contributed by atoms with Gasteiger partial charge in [0, 0.05) is 24.0 Å². The molecule has 1 aromatic rings. The van der Waals surface area contributed by atoms with Gasteiger partial charge in [-0.1, -0.05) is 13.8 Å². The molecule has 18 heavy (non-hydrogen) atoms. The van der Waals surface area contributed by atoms with Crippen molar-refractivity contribution in [3.05, 3.63) is 10.6 Å². The highest BCUT2D eigenvalue weighted by Gasteiger charge is 2.24. The van der Waals surface area contributed by atoms with Crippen LogP contribution >= 0.6 is 11.3 Å². The number of hydrogen-bond acceptors (Lipinski definition) is 4. The molecule has 102 valence electrons. The molecule has 3 nitrogen and oxygen atoms in total. The van der Waals surface area contributed by atoms with Gasteiger partial charge in [0.1, 0.15) is 0 Å². The Hall–Kier alpha value is -0.610. The van der Waals surface area contributed by atoms with Crippen molar-refractivity contribution in [2.24, 2.45) is 5.73 Å². The lowest BCUT2D eigenvalue weighted by Gasteiger charge is -2.33. The van der Waals surface area contributed by atoms with Crippen molar-refractivity contribution in [1.29, 1.82) is 0 Å². The van der Waals surface area contributed by atoms with Crippen molar-refractivity contribution < 1.29 is 0 Å². The van der Waals surface area contributed by atoms with Crippen molar-refractivity contribution in [1.82, 2.24) is 4.98 Å². The van der Waals surface area contributed by atoms with Gasteiger partial charge in [-0.3, -0.25) is 0 Å². The Balaban J connectivity index is 2.25. The molecule has 2 rings (SSSR count). The minimum absolute atomic E-state index is 0.522. The molecule has 1 saturated heterocycles. The highest BCUT2D eigenvalue weighted by Crippen LogP contribution is 2.34. The van der Waals surface area contributed by atoms with Gasteiger partial charge in [-0.05, 0) is 38.5 Å². The van der Waals surface area contributed by atoms with E-state index in [1.165, 1.54) is 35.0 Å². The molecule has 2 unspecified atom stereocenters. The lowest BCUT2D eigenvalue weighted by Crippen LogP contribution is -2.37. The van der Waals surface area contributed by atoms with Crippen LogP contribution < -0.4 is 10.6 Å². The Kier molecular flexibility index (Phi) is 4.62. The molecule has 4 heteroatoms. The average Bonchev–Trinajstić information content (AvgIpc) is 2.82. The Morgan fingerprint density at radius 2 is 2.28 bits per heavy atom. The third-order valence-electron chi connectivity index (χ3n) is 4.03. The highest BCUT2D eigenvalue weighted by atomic mass is 32.1. The Labute approximate surface area is 114 Å². The first-order chi connectivity index (χ1) is 8.67. The van der Waals surface area contributed by atoms with Crippen LogP contribution in [0.25, 0.3) is 0 Å². The van der Waals surface area contributed by atoms with Gasteiger partial charge >= 0.3 is 0 Å². The van der Waals surface area contributed by atoms with E-state index in [-0.39, 0.29) is 0 Å². The first kappa shape index (κ1) is 13.8. The van der Waals surface area contributed by atoms with Gasteiger partial charge in [0.05, 0.1) is 5.69 Å². The van der Waals surface area contributed by atoms with Gasteiger partial charge in [0.15, 0.2) is 5.13 Å². The second-order valence-corrected chi connectivity index (χ2v) is 6.42. The van der Waals surface area contributed by atoms with Crippen LogP contribution in [0, 0.1) is 0 Å². The summed E-state index contributed by atoms with van der Waals surface area (Å²) in [5.41, 5.74) is 7.11. The molecule has 0 radical (unpaired) electrons. The summed E-state index contributed by atoms with van der Waals surface area (Å²) in [6.45, 7) is 8.55. The molecule has 2 N–H and O–H groups in total. The summed E-state index contributed by atoms with van der Waals surface area (Å²) in [6.07, 6.45) is 5.06. The van der Waals surface area contributed by atoms with Crippen LogP contribution in [-0.4, -0.2) is 17.6 Å². The molecule has 1 fully saturated rings. The van der Waals surface area contributed by atoms with Gasteiger partial charge in [-0.2, -0.15) is 0 Å². The number of thiazole rings is 1. The fourth-order valence-electron chi connectivity index (χ4n) is 2.58. The second kappa shape index (κ2) is 6.02. The van der Waals surface area contributed by atoms with Crippen LogP contribution in [0.5, 0.6) is 0 Å². The summed E-state index contributed by atoms with van der Waals surface area (Å²) >= 11 is 1.80. The quantitative estimate of drug-likeness (QED) is 0.908. The number of aromatic nitrogens is 1. The third kappa shape index (κ3) is 2.69. The van der Waals surface area contributed by atoms with Crippen molar-refractivity contribution in [3.8, 4) is 0 Å². The predicted octanol–water partition coefficient (Wildman–Crippen LogP) is 3.49. The fourth-order valence-corrected chi connectivity index (χ4v) is 3.77. The van der Waals surface area contributed by atoms with E-state index in [4.69, 9.17) is 10.7 Å². The summed E-state index contributed by atoms with van der Waals surface area (Å²) in [5.74, 6) is 0.522. The number of nitrogens with two attached hydrogens (primary N) is 1. The van der Waals surface area contributed by atoms with Gasteiger partial charge in [0.25, 0.3) is 0 Å². The normalized spacial score (nSPS) is 22.2. The van der Waals surface area contributed by atoms with Gasteiger partial charge < -0.3 is 10.6 Å². The van der Waals surface area contributed by atoms with E-state index in [0.717, 1.165) is 13.0 Å². The molecule has 0 bridgehead atoms. The summed E-state index contributed by atoms with van der Waals surface area (Å²) in [6, 6.07) is 0.625. The SMILES string of the molecule is CCC(C)c1nc(N2CCCCC2C)sc1CN. The summed E-state index contributed by atoms with van der Waals surface area (Å²) in [7, 11) is 0.